The zero-order valence-electron chi connectivity index (χ0n) is 20.2. The van der Waals surface area contributed by atoms with E-state index in [1.54, 1.807) is 12.1 Å². The molecule has 3 rings (SSSR count). The number of amides is 1. The summed E-state index contributed by atoms with van der Waals surface area (Å²) < 4.78 is 0. The molecule has 4 N–H and O–H groups in total. The molecule has 1 saturated heterocycles. The highest BCUT2D eigenvalue weighted by atomic mass is 16.3. The Bertz CT molecular complexity index is 961. The number of phenolic OH excluding ortho intramolecular Hbond substituents is 3. The molecule has 6 nitrogen and oxygen atoms in total. The minimum atomic E-state index is -0.162. The van der Waals surface area contributed by atoms with Crippen LogP contribution in [0.2, 0.25) is 0 Å². The van der Waals surface area contributed by atoms with Crippen LogP contribution >= 0.6 is 0 Å². The Morgan fingerprint density at radius 2 is 1.91 bits per heavy atom. The number of carbonyl (C=O) groups excluding carboxylic acids is 1. The Morgan fingerprint density at radius 1 is 1.15 bits per heavy atom. The van der Waals surface area contributed by atoms with Gasteiger partial charge in [0.15, 0.2) is 11.5 Å². The van der Waals surface area contributed by atoms with Crippen LogP contribution in [0.25, 0.3) is 0 Å². The lowest BCUT2D eigenvalue weighted by molar-refractivity contribution is -0.122. The summed E-state index contributed by atoms with van der Waals surface area (Å²) in [7, 11) is 0. The Labute approximate surface area is 197 Å². The van der Waals surface area contributed by atoms with E-state index in [1.165, 1.54) is 17.7 Å². The predicted octanol–water partition coefficient (Wildman–Crippen LogP) is 4.18. The van der Waals surface area contributed by atoms with Gasteiger partial charge in [-0.1, -0.05) is 45.9 Å². The highest BCUT2D eigenvalue weighted by molar-refractivity contribution is 5.76. The summed E-state index contributed by atoms with van der Waals surface area (Å²) in [6, 6.07) is 12.4. The summed E-state index contributed by atoms with van der Waals surface area (Å²) in [5, 5.41) is 32.2. The molecule has 6 heteroatoms. The molecule has 1 aliphatic rings. The lowest BCUT2D eigenvalue weighted by Gasteiger charge is -2.46. The van der Waals surface area contributed by atoms with Gasteiger partial charge in [0, 0.05) is 25.6 Å². The molecule has 2 aromatic rings. The van der Waals surface area contributed by atoms with Gasteiger partial charge < -0.3 is 25.5 Å². The standard InChI is InChI=1S/C27H38N2O4/c1-18(2)23(28-26(33)11-9-20-8-10-24(31)25(32)14-20)17-29-13-12-27(4,19(3)16-29)21-6-5-7-22(30)15-21/h5-8,10,14-15,18-19,23,30-32H,9,11-13,16-17H2,1-4H3,(H,28,33)/t19-,23+,27+/m0/s1. The number of aryl methyl sites for hydroxylation is 1. The number of benzene rings is 2. The Morgan fingerprint density at radius 3 is 2.55 bits per heavy atom. The number of aromatic hydroxyl groups is 3. The topological polar surface area (TPSA) is 93.0 Å². The zero-order valence-corrected chi connectivity index (χ0v) is 20.2. The number of hydrogen-bond acceptors (Lipinski definition) is 5. The van der Waals surface area contributed by atoms with Crippen LogP contribution < -0.4 is 5.32 Å². The minimum absolute atomic E-state index is 0.00378. The van der Waals surface area contributed by atoms with E-state index < -0.39 is 0 Å². The van der Waals surface area contributed by atoms with Crippen molar-refractivity contribution in [1.29, 1.82) is 0 Å². The quantitative estimate of drug-likeness (QED) is 0.449. The van der Waals surface area contributed by atoms with Gasteiger partial charge in [-0.15, -0.1) is 0 Å². The van der Waals surface area contributed by atoms with Gasteiger partial charge in [0.05, 0.1) is 0 Å². The van der Waals surface area contributed by atoms with Crippen LogP contribution in [0.1, 0.15) is 51.7 Å². The van der Waals surface area contributed by atoms with Crippen LogP contribution in [0, 0.1) is 11.8 Å². The Kier molecular flexibility index (Phi) is 7.90. The summed E-state index contributed by atoms with van der Waals surface area (Å²) in [5.74, 6) is 0.716. The summed E-state index contributed by atoms with van der Waals surface area (Å²) in [6.45, 7) is 11.5. The van der Waals surface area contributed by atoms with Crippen molar-refractivity contribution in [1.82, 2.24) is 10.2 Å². The molecule has 0 unspecified atom stereocenters. The molecule has 1 fully saturated rings. The van der Waals surface area contributed by atoms with E-state index in [2.05, 4.69) is 44.0 Å². The average Bonchev–Trinajstić information content (AvgIpc) is 2.76. The fourth-order valence-corrected chi connectivity index (χ4v) is 4.74. The number of piperidine rings is 1. The highest BCUT2D eigenvalue weighted by Crippen LogP contribution is 2.40. The van der Waals surface area contributed by atoms with E-state index >= 15 is 0 Å². The van der Waals surface area contributed by atoms with Crippen molar-refractivity contribution in [2.24, 2.45) is 11.8 Å². The second-order valence-corrected chi connectivity index (χ2v) is 10.1. The molecule has 180 valence electrons. The smallest absolute Gasteiger partial charge is 0.220 e. The van der Waals surface area contributed by atoms with Crippen LogP contribution in [0.15, 0.2) is 42.5 Å². The molecule has 1 aliphatic heterocycles. The summed E-state index contributed by atoms with van der Waals surface area (Å²) in [4.78, 5) is 15.1. The monoisotopic (exact) mass is 454 g/mol. The minimum Gasteiger partial charge on any atom is -0.508 e. The molecule has 0 radical (unpaired) electrons. The van der Waals surface area contributed by atoms with Gasteiger partial charge in [0.2, 0.25) is 5.91 Å². The Hall–Kier alpha value is -2.73. The van der Waals surface area contributed by atoms with Crippen LogP contribution in [-0.2, 0) is 16.6 Å². The molecule has 33 heavy (non-hydrogen) atoms. The summed E-state index contributed by atoms with van der Waals surface area (Å²) in [5.41, 5.74) is 2.02. The maximum atomic E-state index is 12.6. The van der Waals surface area contributed by atoms with Crippen LogP contribution in [0.5, 0.6) is 17.2 Å². The first-order valence-corrected chi connectivity index (χ1v) is 11.9. The molecular weight excluding hydrogens is 416 g/mol. The third-order valence-electron chi connectivity index (χ3n) is 7.36. The second-order valence-electron chi connectivity index (χ2n) is 10.1. The van der Waals surface area contributed by atoms with Gasteiger partial charge in [-0.05, 0) is 72.0 Å². The van der Waals surface area contributed by atoms with Gasteiger partial charge in [-0.25, -0.2) is 0 Å². The van der Waals surface area contributed by atoms with Gasteiger partial charge in [-0.2, -0.15) is 0 Å². The van der Waals surface area contributed by atoms with E-state index in [0.29, 0.717) is 30.4 Å². The number of carbonyl (C=O) groups is 1. The van der Waals surface area contributed by atoms with Crippen LogP contribution in [-0.4, -0.2) is 51.8 Å². The van der Waals surface area contributed by atoms with Crippen LogP contribution in [0.3, 0.4) is 0 Å². The van der Waals surface area contributed by atoms with Crippen molar-refractivity contribution in [2.45, 2.75) is 58.4 Å². The average molecular weight is 455 g/mol. The fraction of sp³-hybridized carbons (Fsp3) is 0.519. The molecule has 0 aromatic heterocycles. The molecule has 2 aromatic carbocycles. The predicted molar refractivity (Wildman–Crippen MR) is 131 cm³/mol. The maximum absolute atomic E-state index is 12.6. The highest BCUT2D eigenvalue weighted by Gasteiger charge is 2.38. The number of hydrogen-bond donors (Lipinski definition) is 4. The number of phenols is 3. The molecule has 3 atom stereocenters. The van der Waals surface area contributed by atoms with E-state index in [4.69, 9.17) is 0 Å². The summed E-state index contributed by atoms with van der Waals surface area (Å²) >= 11 is 0. The van der Waals surface area contributed by atoms with Crippen molar-refractivity contribution >= 4 is 5.91 Å². The molecule has 1 heterocycles. The third-order valence-corrected chi connectivity index (χ3v) is 7.36. The number of likely N-dealkylation sites (tertiary alicyclic amines) is 1. The second kappa shape index (κ2) is 10.5. The maximum Gasteiger partial charge on any atom is 0.220 e. The third kappa shape index (κ3) is 6.20. The summed E-state index contributed by atoms with van der Waals surface area (Å²) in [6.07, 6.45) is 1.84. The van der Waals surface area contributed by atoms with Crippen LogP contribution in [0.4, 0.5) is 0 Å². The zero-order chi connectivity index (χ0) is 24.2. The molecule has 0 aliphatic carbocycles. The SMILES string of the molecule is CC(C)[C@@H](CN1CC[C@@](C)(c2cccc(O)c2)[C@@H](C)C1)NC(=O)CCc1ccc(O)c(O)c1. The molecule has 0 saturated carbocycles. The largest absolute Gasteiger partial charge is 0.508 e. The first-order valence-electron chi connectivity index (χ1n) is 11.9. The van der Waals surface area contributed by atoms with E-state index in [-0.39, 0.29) is 28.9 Å². The van der Waals surface area contributed by atoms with Gasteiger partial charge >= 0.3 is 0 Å². The van der Waals surface area contributed by atoms with Crippen molar-refractivity contribution in [3.63, 3.8) is 0 Å². The van der Waals surface area contributed by atoms with Gasteiger partial charge in [-0.3, -0.25) is 4.79 Å². The molecule has 1 amide bonds. The number of rotatable bonds is 8. The van der Waals surface area contributed by atoms with Crippen molar-refractivity contribution < 1.29 is 20.1 Å². The fourth-order valence-electron chi connectivity index (χ4n) is 4.74. The molecular formula is C27H38N2O4. The van der Waals surface area contributed by atoms with Crippen molar-refractivity contribution in [2.75, 3.05) is 19.6 Å². The van der Waals surface area contributed by atoms with Crippen molar-refractivity contribution in [3.8, 4) is 17.2 Å². The first kappa shape index (κ1) is 24.9. The molecule has 0 bridgehead atoms. The number of nitrogens with one attached hydrogen (secondary N) is 1. The van der Waals surface area contributed by atoms with Gasteiger partial charge in [0.1, 0.15) is 5.75 Å². The van der Waals surface area contributed by atoms with E-state index in [9.17, 15) is 20.1 Å². The van der Waals surface area contributed by atoms with E-state index in [1.807, 2.05) is 12.1 Å². The van der Waals surface area contributed by atoms with Gasteiger partial charge in [0.25, 0.3) is 0 Å². The normalized spacial score (nSPS) is 22.3. The number of nitrogens with zero attached hydrogens (tertiary/aromatic N) is 1. The first-order chi connectivity index (χ1) is 15.6. The van der Waals surface area contributed by atoms with E-state index in [0.717, 1.165) is 31.6 Å². The lowest BCUT2D eigenvalue weighted by Crippen LogP contribution is -2.53. The van der Waals surface area contributed by atoms with Crippen molar-refractivity contribution in [3.05, 3.63) is 53.6 Å². The Balaban J connectivity index is 1.55. The lowest BCUT2D eigenvalue weighted by atomic mass is 9.68. The molecule has 0 spiro atoms.